The van der Waals surface area contributed by atoms with Gasteiger partial charge in [0.1, 0.15) is 11.6 Å². The molecular formula is C24H37N3O5. The molecule has 2 unspecified atom stereocenters. The fourth-order valence-electron chi connectivity index (χ4n) is 5.94. The van der Waals surface area contributed by atoms with Gasteiger partial charge in [-0.1, -0.05) is 12.2 Å². The van der Waals surface area contributed by atoms with Gasteiger partial charge in [0.15, 0.2) is 0 Å². The SMILES string of the molecule is C=CCN(C)C(=O)[C@@H]1[C@H]2C(=O)N(CCCO)C(C(=O)N(CC=C)C(C)C)C23CC[C@@]1(C)O3. The molecule has 3 fully saturated rings. The molecule has 8 nitrogen and oxygen atoms in total. The van der Waals surface area contributed by atoms with Gasteiger partial charge in [0.25, 0.3) is 0 Å². The molecule has 178 valence electrons. The van der Waals surface area contributed by atoms with E-state index in [1.807, 2.05) is 20.8 Å². The molecule has 0 aromatic carbocycles. The van der Waals surface area contributed by atoms with Crippen molar-refractivity contribution in [2.24, 2.45) is 11.8 Å². The largest absolute Gasteiger partial charge is 0.396 e. The third-order valence-corrected chi connectivity index (χ3v) is 7.35. The van der Waals surface area contributed by atoms with Gasteiger partial charge in [0.2, 0.25) is 17.7 Å². The van der Waals surface area contributed by atoms with Gasteiger partial charge in [-0.3, -0.25) is 14.4 Å². The Labute approximate surface area is 190 Å². The van der Waals surface area contributed by atoms with E-state index in [2.05, 4.69) is 13.2 Å². The minimum Gasteiger partial charge on any atom is -0.396 e. The minimum absolute atomic E-state index is 0.0870. The highest BCUT2D eigenvalue weighted by Crippen LogP contribution is 2.63. The molecule has 5 atom stereocenters. The molecule has 3 aliphatic rings. The normalized spacial score (nSPS) is 32.9. The number of likely N-dealkylation sites (N-methyl/N-ethyl adjacent to an activating group) is 1. The number of ether oxygens (including phenoxy) is 1. The maximum atomic E-state index is 13.9. The molecule has 1 spiro atoms. The topological polar surface area (TPSA) is 90.4 Å². The van der Waals surface area contributed by atoms with Crippen LogP contribution >= 0.6 is 0 Å². The maximum Gasteiger partial charge on any atom is 0.248 e. The van der Waals surface area contributed by atoms with Crippen LogP contribution in [0.15, 0.2) is 25.3 Å². The van der Waals surface area contributed by atoms with Crippen molar-refractivity contribution in [2.45, 2.75) is 63.3 Å². The number of carbonyl (C=O) groups is 3. The van der Waals surface area contributed by atoms with Crippen molar-refractivity contribution in [1.82, 2.24) is 14.7 Å². The number of fused-ring (bicyclic) bond motifs is 1. The summed E-state index contributed by atoms with van der Waals surface area (Å²) in [5.41, 5.74) is -1.84. The summed E-state index contributed by atoms with van der Waals surface area (Å²) in [6, 6.07) is -0.908. The maximum absolute atomic E-state index is 13.9. The molecule has 2 bridgehead atoms. The number of hydrogen-bond donors (Lipinski definition) is 1. The molecule has 8 heteroatoms. The number of aliphatic hydroxyl groups excluding tert-OH is 1. The van der Waals surface area contributed by atoms with Crippen LogP contribution in [0.1, 0.15) is 40.0 Å². The van der Waals surface area contributed by atoms with Crippen molar-refractivity contribution in [2.75, 3.05) is 33.3 Å². The van der Waals surface area contributed by atoms with E-state index >= 15 is 0 Å². The zero-order valence-corrected chi connectivity index (χ0v) is 19.7. The zero-order valence-electron chi connectivity index (χ0n) is 19.7. The van der Waals surface area contributed by atoms with Crippen molar-refractivity contribution >= 4 is 17.7 Å². The second-order valence-corrected chi connectivity index (χ2v) is 9.72. The van der Waals surface area contributed by atoms with Gasteiger partial charge in [0.05, 0.1) is 17.4 Å². The summed E-state index contributed by atoms with van der Waals surface area (Å²) in [7, 11) is 1.70. The molecule has 0 aromatic heterocycles. The Kier molecular flexibility index (Phi) is 6.86. The van der Waals surface area contributed by atoms with E-state index < -0.39 is 29.1 Å². The lowest BCUT2D eigenvalue weighted by molar-refractivity contribution is -0.154. The van der Waals surface area contributed by atoms with Gasteiger partial charge in [-0.05, 0) is 40.0 Å². The Morgan fingerprint density at radius 2 is 1.91 bits per heavy atom. The van der Waals surface area contributed by atoms with Gasteiger partial charge in [-0.15, -0.1) is 13.2 Å². The number of amides is 3. The first-order valence-electron chi connectivity index (χ1n) is 11.5. The van der Waals surface area contributed by atoms with Crippen LogP contribution in [-0.2, 0) is 19.1 Å². The smallest absolute Gasteiger partial charge is 0.248 e. The second kappa shape index (κ2) is 8.98. The first-order chi connectivity index (χ1) is 15.1. The Hall–Kier alpha value is -2.19. The molecule has 0 radical (unpaired) electrons. The van der Waals surface area contributed by atoms with E-state index in [-0.39, 0.29) is 36.9 Å². The number of aliphatic hydroxyl groups is 1. The fourth-order valence-corrected chi connectivity index (χ4v) is 5.94. The zero-order chi connectivity index (χ0) is 23.8. The Balaban J connectivity index is 2.07. The molecule has 1 N–H and O–H groups in total. The summed E-state index contributed by atoms with van der Waals surface area (Å²) in [5, 5.41) is 9.42. The summed E-state index contributed by atoms with van der Waals surface area (Å²) >= 11 is 0. The van der Waals surface area contributed by atoms with Crippen molar-refractivity contribution in [3.8, 4) is 0 Å². The molecule has 0 saturated carbocycles. The lowest BCUT2D eigenvalue weighted by Gasteiger charge is -2.38. The molecule has 3 aliphatic heterocycles. The molecule has 3 heterocycles. The van der Waals surface area contributed by atoms with E-state index in [4.69, 9.17) is 4.74 Å². The first kappa shape index (κ1) is 24.5. The number of likely N-dealkylation sites (tertiary alicyclic amines) is 1. The van der Waals surface area contributed by atoms with Crippen LogP contribution in [0.25, 0.3) is 0 Å². The lowest BCUT2D eigenvalue weighted by Crippen LogP contribution is -2.57. The predicted octanol–water partition coefficient (Wildman–Crippen LogP) is 1.20. The van der Waals surface area contributed by atoms with Gasteiger partial charge in [-0.2, -0.15) is 0 Å². The number of hydrogen-bond acceptors (Lipinski definition) is 5. The number of rotatable bonds is 10. The van der Waals surface area contributed by atoms with E-state index in [9.17, 15) is 19.5 Å². The molecule has 3 saturated heterocycles. The van der Waals surface area contributed by atoms with Gasteiger partial charge in [-0.25, -0.2) is 0 Å². The average molecular weight is 448 g/mol. The molecular weight excluding hydrogens is 410 g/mol. The van der Waals surface area contributed by atoms with Crippen molar-refractivity contribution in [3.63, 3.8) is 0 Å². The van der Waals surface area contributed by atoms with Crippen molar-refractivity contribution in [3.05, 3.63) is 25.3 Å². The lowest BCUT2D eigenvalue weighted by atomic mass is 9.66. The first-order valence-corrected chi connectivity index (χ1v) is 11.5. The van der Waals surface area contributed by atoms with E-state index in [1.54, 1.807) is 33.9 Å². The van der Waals surface area contributed by atoms with Crippen LogP contribution < -0.4 is 0 Å². The van der Waals surface area contributed by atoms with Crippen LogP contribution in [0.2, 0.25) is 0 Å². The Morgan fingerprint density at radius 3 is 2.47 bits per heavy atom. The Morgan fingerprint density at radius 1 is 1.25 bits per heavy atom. The van der Waals surface area contributed by atoms with E-state index in [1.165, 1.54) is 0 Å². The van der Waals surface area contributed by atoms with Crippen molar-refractivity contribution in [1.29, 1.82) is 0 Å². The summed E-state index contributed by atoms with van der Waals surface area (Å²) in [6.45, 7) is 14.1. The van der Waals surface area contributed by atoms with Gasteiger partial charge < -0.3 is 24.5 Å². The second-order valence-electron chi connectivity index (χ2n) is 9.72. The highest BCUT2D eigenvalue weighted by Gasteiger charge is 2.78. The van der Waals surface area contributed by atoms with E-state index in [0.717, 1.165) is 0 Å². The van der Waals surface area contributed by atoms with Crippen LogP contribution in [0.4, 0.5) is 0 Å². The number of carbonyl (C=O) groups excluding carboxylic acids is 3. The molecule has 3 amide bonds. The predicted molar refractivity (Wildman–Crippen MR) is 121 cm³/mol. The molecule has 3 rings (SSSR count). The van der Waals surface area contributed by atoms with E-state index in [0.29, 0.717) is 32.4 Å². The standard InChI is InChI=1S/C24H37N3O5/c1-7-12-25(6)20(29)17-18-21(30)27(14-9-15-28)19(22(31)26(13-8-2)16(3)4)24(18)11-10-23(17,5)32-24/h7-8,16-19,28H,1-2,9-15H2,3-6H3/t17-,18-,19?,23+,24?/m0/s1. The quantitative estimate of drug-likeness (QED) is 0.508. The minimum atomic E-state index is -1.04. The summed E-state index contributed by atoms with van der Waals surface area (Å²) in [5.74, 6) is -1.95. The van der Waals surface area contributed by atoms with Crippen molar-refractivity contribution < 1.29 is 24.2 Å². The van der Waals surface area contributed by atoms with Crippen LogP contribution in [-0.4, -0.2) is 94.1 Å². The molecule has 0 aromatic rings. The van der Waals surface area contributed by atoms with Crippen LogP contribution in [0.5, 0.6) is 0 Å². The highest BCUT2D eigenvalue weighted by atomic mass is 16.5. The summed E-state index contributed by atoms with van der Waals surface area (Å²) < 4.78 is 6.58. The average Bonchev–Trinajstić information content (AvgIpc) is 3.30. The summed E-state index contributed by atoms with van der Waals surface area (Å²) in [6.07, 6.45) is 4.83. The molecule has 0 aliphatic carbocycles. The van der Waals surface area contributed by atoms with Crippen LogP contribution in [0, 0.1) is 11.8 Å². The molecule has 32 heavy (non-hydrogen) atoms. The Bertz CT molecular complexity index is 799. The summed E-state index contributed by atoms with van der Waals surface area (Å²) in [4.78, 5) is 45.9. The number of nitrogens with zero attached hydrogens (tertiary/aromatic N) is 3. The highest BCUT2D eigenvalue weighted by molar-refractivity contribution is 5.99. The fraction of sp³-hybridized carbons (Fsp3) is 0.708. The third kappa shape index (κ3) is 3.57. The van der Waals surface area contributed by atoms with Gasteiger partial charge >= 0.3 is 0 Å². The van der Waals surface area contributed by atoms with Gasteiger partial charge in [0, 0.05) is 39.3 Å². The monoisotopic (exact) mass is 447 g/mol. The third-order valence-electron chi connectivity index (χ3n) is 7.35. The van der Waals surface area contributed by atoms with Crippen LogP contribution in [0.3, 0.4) is 0 Å².